The molecule has 0 aromatic heterocycles. The second-order valence-corrected chi connectivity index (χ2v) is 3.75. The first kappa shape index (κ1) is 14.1. The van der Waals surface area contributed by atoms with Crippen LogP contribution in [0.25, 0.3) is 0 Å². The van der Waals surface area contributed by atoms with Crippen molar-refractivity contribution in [1.29, 1.82) is 0 Å². The molecule has 0 aliphatic rings. The molecule has 0 saturated heterocycles. The van der Waals surface area contributed by atoms with Crippen LogP contribution in [0.2, 0.25) is 0 Å². The van der Waals surface area contributed by atoms with Crippen molar-refractivity contribution in [3.05, 3.63) is 0 Å². The van der Waals surface area contributed by atoms with Crippen LogP contribution in [-0.4, -0.2) is 78.4 Å². The molecule has 0 aliphatic heterocycles. The Labute approximate surface area is 99.5 Å². The van der Waals surface area contributed by atoms with E-state index in [1.165, 1.54) is 0 Å². The van der Waals surface area contributed by atoms with Crippen LogP contribution in [0, 0.1) is 0 Å². The van der Waals surface area contributed by atoms with Crippen LogP contribution < -0.4 is 0 Å². The molecule has 0 fully saturated rings. The standard InChI is InChI=1S/C4H6O6.2O.2Sb/c5-1(3(7)8)2(6)4(9)10;;;;/h1-2,5-6H,(H,7,8)(H,9,10);;;;/q;;;2*+1/p-2. The summed E-state index contributed by atoms with van der Waals surface area (Å²) in [6.45, 7) is 0. The molecular weight excluding hydrogens is 420 g/mol. The van der Waals surface area contributed by atoms with Crippen molar-refractivity contribution in [2.24, 2.45) is 0 Å². The van der Waals surface area contributed by atoms with E-state index in [0.29, 0.717) is 0 Å². The summed E-state index contributed by atoms with van der Waals surface area (Å²) in [5.74, 6) is -2.76. The van der Waals surface area contributed by atoms with Gasteiger partial charge in [-0.3, -0.25) is 0 Å². The molecule has 0 bridgehead atoms. The molecule has 14 heavy (non-hydrogen) atoms. The van der Waals surface area contributed by atoms with E-state index in [2.05, 4.69) is 6.03 Å². The van der Waals surface area contributed by atoms with Gasteiger partial charge in [-0.05, 0) is 0 Å². The predicted molar refractivity (Wildman–Crippen MR) is 37.1 cm³/mol. The van der Waals surface area contributed by atoms with Gasteiger partial charge < -0.3 is 0 Å². The summed E-state index contributed by atoms with van der Waals surface area (Å²) in [7, 11) is 0. The quantitative estimate of drug-likeness (QED) is 0.441. The number of aliphatic hydroxyl groups excluding tert-OH is 2. The first-order valence-corrected chi connectivity index (χ1v) is 7.14. The van der Waals surface area contributed by atoms with Gasteiger partial charge in [0.2, 0.25) is 0 Å². The molecule has 0 spiro atoms. The van der Waals surface area contributed by atoms with Crippen molar-refractivity contribution in [2.75, 3.05) is 0 Å². The first-order valence-electron chi connectivity index (χ1n) is 2.97. The van der Waals surface area contributed by atoms with Gasteiger partial charge in [-0.25, -0.2) is 0 Å². The molecule has 0 aliphatic carbocycles. The normalized spacial score (nSPS) is 13.6. The van der Waals surface area contributed by atoms with E-state index in [4.69, 9.17) is 10.2 Å². The molecule has 0 rings (SSSR count). The molecule has 0 amide bonds. The first-order chi connectivity index (χ1) is 6.54. The molecule has 10 heteroatoms. The average Bonchev–Trinajstić information content (AvgIpc) is 2.16. The minimum absolute atomic E-state index is 1.38. The zero-order valence-corrected chi connectivity index (χ0v) is 11.5. The van der Waals surface area contributed by atoms with Gasteiger partial charge >= 0.3 is 100 Å². The van der Waals surface area contributed by atoms with Crippen LogP contribution in [0.1, 0.15) is 0 Å². The van der Waals surface area contributed by atoms with Gasteiger partial charge in [0.05, 0.1) is 0 Å². The molecule has 0 saturated carbocycles. The maximum absolute atomic E-state index is 10.6. The van der Waals surface area contributed by atoms with E-state index in [9.17, 15) is 15.6 Å². The number of rotatable bonds is 5. The third kappa shape index (κ3) is 4.55. The Bertz CT molecular complexity index is 226. The molecule has 78 valence electrons. The van der Waals surface area contributed by atoms with Crippen LogP contribution >= 0.6 is 0 Å². The maximum atomic E-state index is 10.6. The summed E-state index contributed by atoms with van der Waals surface area (Å²) >= 11 is -4.81. The number of carbonyl (C=O) groups is 2. The predicted octanol–water partition coefficient (Wildman–Crippen LogP) is -3.28. The number of carbonyl (C=O) groups excluding carboxylic acids is 2. The van der Waals surface area contributed by atoms with Gasteiger partial charge in [-0.15, -0.1) is 0 Å². The molecule has 0 heterocycles. The summed E-state index contributed by atoms with van der Waals surface area (Å²) in [5.41, 5.74) is 0. The van der Waals surface area contributed by atoms with E-state index in [-0.39, 0.29) is 0 Å². The van der Waals surface area contributed by atoms with Gasteiger partial charge in [0.25, 0.3) is 0 Å². The Kier molecular flexibility index (Phi) is 7.45. The minimum atomic E-state index is -2.41. The Morgan fingerprint density at radius 3 is 1.43 bits per heavy atom. The molecule has 2 unspecified atom stereocenters. The fourth-order valence-corrected chi connectivity index (χ4v) is 1.48. The van der Waals surface area contributed by atoms with Crippen molar-refractivity contribution in [3.63, 3.8) is 0 Å². The van der Waals surface area contributed by atoms with Crippen molar-refractivity contribution in [1.82, 2.24) is 0 Å². The van der Waals surface area contributed by atoms with Gasteiger partial charge in [0, 0.05) is 0 Å². The Morgan fingerprint density at radius 2 is 1.21 bits per heavy atom. The molecular formula is C4H4O8Sb2. The van der Waals surface area contributed by atoms with Crippen molar-refractivity contribution >= 4 is 56.0 Å². The topological polar surface area (TPSA) is 127 Å². The summed E-state index contributed by atoms with van der Waals surface area (Å²) in [4.78, 5) is 21.2. The summed E-state index contributed by atoms with van der Waals surface area (Å²) in [6.07, 6.45) is -4.34. The van der Waals surface area contributed by atoms with Crippen LogP contribution in [0.3, 0.4) is 0 Å². The molecule has 0 radical (unpaired) electrons. The van der Waals surface area contributed by atoms with E-state index < -0.39 is 68.2 Å². The summed E-state index contributed by atoms with van der Waals surface area (Å²) < 4.78 is 27.7. The van der Waals surface area contributed by atoms with E-state index in [1.54, 1.807) is 0 Å². The SMILES string of the molecule is [O]=[Sb][O]C(=O)C(O)C(O)C(=O)[O][Sb]=[O]. The molecule has 8 nitrogen and oxygen atoms in total. The van der Waals surface area contributed by atoms with Gasteiger partial charge in [-0.1, -0.05) is 0 Å². The Morgan fingerprint density at radius 1 is 0.929 bits per heavy atom. The number of aliphatic hydroxyl groups is 2. The Hall–Kier alpha value is 0.0964. The van der Waals surface area contributed by atoms with Crippen LogP contribution in [0.5, 0.6) is 0 Å². The zero-order valence-electron chi connectivity index (χ0n) is 6.39. The van der Waals surface area contributed by atoms with Gasteiger partial charge in [0.1, 0.15) is 0 Å². The van der Waals surface area contributed by atoms with E-state index in [1.807, 2.05) is 0 Å². The monoisotopic (exact) mass is 422 g/mol. The molecule has 2 N–H and O–H groups in total. The fraction of sp³-hybridized carbons (Fsp3) is 0.500. The van der Waals surface area contributed by atoms with Crippen molar-refractivity contribution in [3.8, 4) is 0 Å². The second-order valence-electron chi connectivity index (χ2n) is 1.86. The average molecular weight is 424 g/mol. The third-order valence-electron chi connectivity index (χ3n) is 1.04. The van der Waals surface area contributed by atoms with E-state index >= 15 is 0 Å². The second kappa shape index (κ2) is 7.40. The summed E-state index contributed by atoms with van der Waals surface area (Å²) in [6, 6.07) is 0. The van der Waals surface area contributed by atoms with Crippen molar-refractivity contribution < 1.29 is 31.9 Å². The molecule has 0 aromatic carbocycles. The van der Waals surface area contributed by atoms with Gasteiger partial charge in [0.15, 0.2) is 0 Å². The number of hydrogen-bond acceptors (Lipinski definition) is 8. The number of hydrogen-bond donors (Lipinski definition) is 2. The van der Waals surface area contributed by atoms with Crippen LogP contribution in [-0.2, 0) is 21.7 Å². The van der Waals surface area contributed by atoms with E-state index in [0.717, 1.165) is 0 Å². The fourth-order valence-electron chi connectivity index (χ4n) is 0.439. The zero-order chi connectivity index (χ0) is 11.1. The summed E-state index contributed by atoms with van der Waals surface area (Å²) in [5, 5.41) is 17.8. The molecule has 2 atom stereocenters. The molecule has 0 aromatic rings. The van der Waals surface area contributed by atoms with Crippen molar-refractivity contribution in [2.45, 2.75) is 12.2 Å². The Balaban J connectivity index is 4.29. The van der Waals surface area contributed by atoms with Gasteiger partial charge in [-0.2, -0.15) is 0 Å². The third-order valence-corrected chi connectivity index (χ3v) is 2.49. The van der Waals surface area contributed by atoms with Crippen LogP contribution in [0.15, 0.2) is 0 Å². The van der Waals surface area contributed by atoms with Crippen LogP contribution in [0.4, 0.5) is 0 Å².